The minimum Gasteiger partial charge on any atom is -0.369 e. The van der Waals surface area contributed by atoms with Crippen LogP contribution < -0.4 is 5.32 Å². The van der Waals surface area contributed by atoms with Gasteiger partial charge < -0.3 is 11.7 Å². The van der Waals surface area contributed by atoms with E-state index in [0.29, 0.717) is 0 Å². The summed E-state index contributed by atoms with van der Waals surface area (Å²) < 4.78 is 0. The van der Waals surface area contributed by atoms with E-state index in [1.165, 1.54) is 10.8 Å². The van der Waals surface area contributed by atoms with Crippen LogP contribution in [0.5, 0.6) is 0 Å². The third kappa shape index (κ3) is 1.65. The number of nitrogens with one attached hydrogen (secondary N) is 1. The minimum absolute atomic E-state index is 0. The largest absolute Gasteiger partial charge is 0.369 e. The first-order valence-corrected chi connectivity index (χ1v) is 5.05. The molecule has 2 aromatic rings. The molecule has 0 aromatic heterocycles. The zero-order chi connectivity index (χ0) is 10.3. The van der Waals surface area contributed by atoms with Crippen LogP contribution in [0.3, 0.4) is 0 Å². The Balaban J connectivity index is 0.000000963. The minimum atomic E-state index is 0. The predicted molar refractivity (Wildman–Crippen MR) is 64.6 cm³/mol. The van der Waals surface area contributed by atoms with Crippen molar-refractivity contribution in [2.24, 2.45) is 4.99 Å². The van der Waals surface area contributed by atoms with Crippen molar-refractivity contribution in [3.05, 3.63) is 42.8 Å². The third-order valence-corrected chi connectivity index (χ3v) is 2.66. The molecule has 0 aliphatic carbocycles. The predicted octanol–water partition coefficient (Wildman–Crippen LogP) is 3.52. The van der Waals surface area contributed by atoms with Crippen LogP contribution in [0.1, 0.15) is 6.92 Å². The second kappa shape index (κ2) is 4.34. The molecule has 3 rings (SSSR count). The van der Waals surface area contributed by atoms with E-state index < -0.39 is 0 Å². The van der Waals surface area contributed by atoms with Gasteiger partial charge in [-0.2, -0.15) is 6.92 Å². The molecule has 1 aliphatic heterocycles. The Labute approximate surface area is 110 Å². The molecule has 0 saturated carbocycles. The Morgan fingerprint density at radius 2 is 1.88 bits per heavy atom. The van der Waals surface area contributed by atoms with Gasteiger partial charge in [0.15, 0.2) is 0 Å². The molecule has 79 valence electrons. The van der Waals surface area contributed by atoms with Gasteiger partial charge in [-0.3, -0.25) is 4.99 Å². The van der Waals surface area contributed by atoms with Crippen LogP contribution >= 0.6 is 0 Å². The fraction of sp³-hybridized carbons (Fsp3) is 0.0769. The maximum absolute atomic E-state index is 4.53. The maximum Gasteiger partial charge on any atom is 0.0718 e. The number of aliphatic imine (C=N–C) groups is 1. The molecule has 1 aliphatic rings. The van der Waals surface area contributed by atoms with Crippen LogP contribution in [0.2, 0.25) is 0 Å². The Kier molecular flexibility index (Phi) is 3.06. The fourth-order valence-electron chi connectivity index (χ4n) is 1.95. The van der Waals surface area contributed by atoms with Crippen molar-refractivity contribution in [3.63, 3.8) is 0 Å². The SMILES string of the molecule is C[CH-]C1=Nc2cccc3cccc(c23)N1.[Nb]. The number of benzene rings is 2. The van der Waals surface area contributed by atoms with Crippen molar-refractivity contribution < 1.29 is 22.4 Å². The summed E-state index contributed by atoms with van der Waals surface area (Å²) in [7, 11) is 0. The normalized spacial score (nSPS) is 12.4. The zero-order valence-corrected chi connectivity index (χ0v) is 11.1. The van der Waals surface area contributed by atoms with Crippen molar-refractivity contribution in [3.8, 4) is 0 Å². The molecule has 1 N–H and O–H groups in total. The fourth-order valence-corrected chi connectivity index (χ4v) is 1.95. The molecule has 3 heteroatoms. The molecule has 0 unspecified atom stereocenters. The van der Waals surface area contributed by atoms with Gasteiger partial charge in [-0.25, -0.2) is 0 Å². The van der Waals surface area contributed by atoms with Gasteiger partial charge in [-0.1, -0.05) is 24.3 Å². The van der Waals surface area contributed by atoms with Crippen LogP contribution in [0.25, 0.3) is 10.8 Å². The van der Waals surface area contributed by atoms with Gasteiger partial charge in [-0.05, 0) is 23.4 Å². The van der Waals surface area contributed by atoms with Crippen LogP contribution in [-0.4, -0.2) is 5.84 Å². The Hall–Kier alpha value is -1.22. The molecule has 0 bridgehead atoms. The van der Waals surface area contributed by atoms with E-state index in [1.54, 1.807) is 0 Å². The molecule has 0 atom stereocenters. The van der Waals surface area contributed by atoms with Crippen LogP contribution in [-0.2, 0) is 22.4 Å². The van der Waals surface area contributed by atoms with E-state index in [9.17, 15) is 0 Å². The summed E-state index contributed by atoms with van der Waals surface area (Å²) in [5.74, 6) is 0.918. The number of nitrogens with zero attached hydrogens (tertiary/aromatic N) is 1. The molecule has 2 aromatic carbocycles. The first-order valence-electron chi connectivity index (χ1n) is 5.05. The van der Waals surface area contributed by atoms with Crippen molar-refractivity contribution in [1.29, 1.82) is 0 Å². The Morgan fingerprint density at radius 3 is 2.62 bits per heavy atom. The van der Waals surface area contributed by atoms with Gasteiger partial charge in [0.2, 0.25) is 0 Å². The molecule has 1 heterocycles. The summed E-state index contributed by atoms with van der Waals surface area (Å²) in [6.45, 7) is 1.99. The van der Waals surface area contributed by atoms with E-state index in [1.807, 2.05) is 19.4 Å². The van der Waals surface area contributed by atoms with E-state index in [0.717, 1.165) is 17.2 Å². The standard InChI is InChI=1S/C13H11N2.Nb/c1-2-12-14-10-7-3-5-9-6-4-8-11(15-12)13(9)10;/h2-8H,1H3,(H,14,15);/q-1;. The van der Waals surface area contributed by atoms with Crippen molar-refractivity contribution in [2.45, 2.75) is 6.92 Å². The Morgan fingerprint density at radius 1 is 1.12 bits per heavy atom. The van der Waals surface area contributed by atoms with E-state index in [2.05, 4.69) is 40.6 Å². The van der Waals surface area contributed by atoms with Gasteiger partial charge >= 0.3 is 0 Å². The summed E-state index contributed by atoms with van der Waals surface area (Å²) in [5, 5.41) is 5.75. The monoisotopic (exact) mass is 288 g/mol. The van der Waals surface area contributed by atoms with E-state index >= 15 is 0 Å². The van der Waals surface area contributed by atoms with E-state index in [-0.39, 0.29) is 22.4 Å². The summed E-state index contributed by atoms with van der Waals surface area (Å²) in [6.07, 6.45) is 1.98. The van der Waals surface area contributed by atoms with Crippen LogP contribution in [0, 0.1) is 6.42 Å². The van der Waals surface area contributed by atoms with E-state index in [4.69, 9.17) is 0 Å². The quantitative estimate of drug-likeness (QED) is 0.630. The molecule has 16 heavy (non-hydrogen) atoms. The Bertz CT molecular complexity index is 556. The second-order valence-electron chi connectivity index (χ2n) is 3.59. The van der Waals surface area contributed by atoms with Crippen molar-refractivity contribution in [1.82, 2.24) is 0 Å². The maximum atomic E-state index is 4.53. The smallest absolute Gasteiger partial charge is 0.0718 e. The summed E-state index contributed by atoms with van der Waals surface area (Å²) in [5.41, 5.74) is 2.20. The average molecular weight is 288 g/mol. The molecule has 0 amide bonds. The molecule has 1 radical (unpaired) electrons. The van der Waals surface area contributed by atoms with Gasteiger partial charge in [-0.15, -0.1) is 0 Å². The molecule has 0 saturated heterocycles. The molecule has 0 fully saturated rings. The summed E-state index contributed by atoms with van der Waals surface area (Å²) in [6, 6.07) is 12.5. The first-order chi connectivity index (χ1) is 7.38. The zero-order valence-electron chi connectivity index (χ0n) is 8.94. The van der Waals surface area contributed by atoms with Crippen molar-refractivity contribution >= 4 is 28.0 Å². The number of rotatable bonds is 1. The molecule has 0 spiro atoms. The molecule has 2 nitrogen and oxygen atoms in total. The summed E-state index contributed by atoms with van der Waals surface area (Å²) in [4.78, 5) is 4.53. The summed E-state index contributed by atoms with van der Waals surface area (Å²) >= 11 is 0. The topological polar surface area (TPSA) is 24.4 Å². The molecular weight excluding hydrogens is 277 g/mol. The van der Waals surface area contributed by atoms with Crippen LogP contribution in [0.4, 0.5) is 11.4 Å². The van der Waals surface area contributed by atoms with Crippen molar-refractivity contribution in [2.75, 3.05) is 5.32 Å². The van der Waals surface area contributed by atoms with Gasteiger partial charge in [0.25, 0.3) is 0 Å². The number of amidine groups is 1. The average Bonchev–Trinajstić information content (AvgIpc) is 2.29. The second-order valence-corrected chi connectivity index (χ2v) is 3.59. The van der Waals surface area contributed by atoms with Crippen LogP contribution in [0.15, 0.2) is 41.4 Å². The molecular formula is C13H11N2Nb-. The van der Waals surface area contributed by atoms with Gasteiger partial charge in [0.1, 0.15) is 0 Å². The number of anilines is 1. The number of hydrogen-bond acceptors (Lipinski definition) is 2. The third-order valence-electron chi connectivity index (χ3n) is 2.66. The van der Waals surface area contributed by atoms with Gasteiger partial charge in [0.05, 0.1) is 5.69 Å². The first kappa shape index (κ1) is 11.3. The number of hydrogen-bond donors (Lipinski definition) is 1. The van der Waals surface area contributed by atoms with Gasteiger partial charge in [0, 0.05) is 33.5 Å².